The van der Waals surface area contributed by atoms with E-state index >= 15 is 0 Å². The number of hydrogen-bond acceptors (Lipinski definition) is 3. The summed E-state index contributed by atoms with van der Waals surface area (Å²) in [5.74, 6) is 0. The van der Waals surface area contributed by atoms with Crippen LogP contribution in [0.25, 0.3) is 0 Å². The Morgan fingerprint density at radius 1 is 0.750 bits per heavy atom. The molecule has 0 heterocycles. The van der Waals surface area contributed by atoms with E-state index < -0.39 is 6.37 Å². The van der Waals surface area contributed by atoms with Crippen LogP contribution < -0.4 is 5.48 Å². The van der Waals surface area contributed by atoms with Crippen molar-refractivity contribution < 1.29 is 9.52 Å². The minimum atomic E-state index is -3.03. The van der Waals surface area contributed by atoms with E-state index in [1.165, 1.54) is 96.3 Å². The number of nitrogens with one attached hydrogen (secondary N) is 1. The molecule has 24 heavy (non-hydrogen) atoms. The molecule has 0 aromatic carbocycles. The maximum absolute atomic E-state index is 9.07. The van der Waals surface area contributed by atoms with E-state index in [1.54, 1.807) is 0 Å². The fraction of sp³-hybridized carbons (Fsp3) is 1.00. The minimum absolute atomic E-state index is 0.703. The van der Waals surface area contributed by atoms with Gasteiger partial charge in [0.25, 0.3) is 0 Å². The van der Waals surface area contributed by atoms with Crippen molar-refractivity contribution in [3.8, 4) is 0 Å². The van der Waals surface area contributed by atoms with Crippen LogP contribution in [0.3, 0.4) is 0 Å². The summed E-state index contributed by atoms with van der Waals surface area (Å²) in [7, 11) is 5.20. The molecule has 0 saturated carbocycles. The highest BCUT2D eigenvalue weighted by Gasteiger charge is 2.02. The fourth-order valence-electron chi connectivity index (χ4n) is 2.88. The van der Waals surface area contributed by atoms with Crippen molar-refractivity contribution in [3.05, 3.63) is 0 Å². The second-order valence-corrected chi connectivity index (χ2v) is 9.73. The average Bonchev–Trinajstić information content (AvgIpc) is 2.52. The average molecular weight is 375 g/mol. The Hall–Kier alpha value is 0.595. The number of hydrogen-bond donors (Lipinski definition) is 2. The molecule has 0 aromatic rings. The first-order chi connectivity index (χ1) is 11.6. The van der Waals surface area contributed by atoms with Gasteiger partial charge >= 0.3 is 0 Å². The first-order valence-electron chi connectivity index (χ1n) is 10.1. The first kappa shape index (κ1) is 24.6. The standard InChI is InChI=1S/C18H39BNO2PS/c1-2-3-4-5-6-7-8-9-10-11-12-13-14-15-16-17-18-20-22-23(19,21)24/h20H,2-18H2,1H3,(H,21,24). The summed E-state index contributed by atoms with van der Waals surface area (Å²) < 4.78 is 4.76. The molecule has 0 aliphatic rings. The highest BCUT2D eigenvalue weighted by Crippen LogP contribution is 2.33. The van der Waals surface area contributed by atoms with Crippen LogP contribution in [0.5, 0.6) is 0 Å². The highest BCUT2D eigenvalue weighted by atomic mass is 32.4. The number of hydroxylamine groups is 1. The van der Waals surface area contributed by atoms with E-state index in [9.17, 15) is 0 Å². The summed E-state index contributed by atoms with van der Waals surface area (Å²) >= 11 is 4.56. The van der Waals surface area contributed by atoms with Gasteiger partial charge in [-0.1, -0.05) is 103 Å². The quantitative estimate of drug-likeness (QED) is 0.123. The monoisotopic (exact) mass is 375 g/mol. The van der Waals surface area contributed by atoms with Gasteiger partial charge in [-0.3, -0.25) is 4.62 Å². The number of unbranched alkanes of at least 4 members (excludes halogenated alkanes) is 15. The molecule has 142 valence electrons. The zero-order chi connectivity index (χ0) is 17.9. The van der Waals surface area contributed by atoms with Gasteiger partial charge in [-0.25, -0.2) is 0 Å². The molecule has 0 aliphatic heterocycles. The van der Waals surface area contributed by atoms with Crippen molar-refractivity contribution in [3.63, 3.8) is 0 Å². The molecule has 0 aliphatic carbocycles. The van der Waals surface area contributed by atoms with E-state index in [2.05, 4.69) is 24.2 Å². The van der Waals surface area contributed by atoms with Crippen LogP contribution in [0.4, 0.5) is 0 Å². The van der Waals surface area contributed by atoms with Crippen molar-refractivity contribution in [2.24, 2.45) is 0 Å². The van der Waals surface area contributed by atoms with Crippen LogP contribution in [0, 0.1) is 0 Å². The van der Waals surface area contributed by atoms with Gasteiger partial charge in [-0.2, -0.15) is 5.48 Å². The van der Waals surface area contributed by atoms with Gasteiger partial charge in [0.1, 0.15) is 6.37 Å². The third-order valence-corrected chi connectivity index (χ3v) is 4.94. The van der Waals surface area contributed by atoms with Crippen molar-refractivity contribution in [1.82, 2.24) is 5.48 Å². The van der Waals surface area contributed by atoms with Gasteiger partial charge in [0.05, 0.1) is 0 Å². The van der Waals surface area contributed by atoms with E-state index in [-0.39, 0.29) is 0 Å². The maximum atomic E-state index is 9.07. The predicted molar refractivity (Wildman–Crippen MR) is 111 cm³/mol. The fourth-order valence-corrected chi connectivity index (χ4v) is 3.32. The van der Waals surface area contributed by atoms with E-state index in [1.807, 2.05) is 0 Å². The highest BCUT2D eigenvalue weighted by molar-refractivity contribution is 8.20. The van der Waals surface area contributed by atoms with E-state index in [0.29, 0.717) is 6.54 Å². The molecule has 0 saturated heterocycles. The van der Waals surface area contributed by atoms with E-state index in [0.717, 1.165) is 6.42 Å². The van der Waals surface area contributed by atoms with Crippen molar-refractivity contribution in [2.45, 2.75) is 110 Å². The predicted octanol–water partition coefficient (Wildman–Crippen LogP) is 6.15. The van der Waals surface area contributed by atoms with Crippen LogP contribution in [0.15, 0.2) is 0 Å². The Kier molecular flexibility index (Phi) is 18.8. The lowest BCUT2D eigenvalue weighted by Gasteiger charge is -2.11. The lowest BCUT2D eigenvalue weighted by molar-refractivity contribution is 0.199. The largest absolute Gasteiger partial charge is 0.352 e. The topological polar surface area (TPSA) is 41.5 Å². The minimum Gasteiger partial charge on any atom is -0.352 e. The van der Waals surface area contributed by atoms with Crippen LogP contribution >= 0.6 is 6.37 Å². The van der Waals surface area contributed by atoms with Crippen LogP contribution in [0.2, 0.25) is 0 Å². The Morgan fingerprint density at radius 2 is 1.08 bits per heavy atom. The summed E-state index contributed by atoms with van der Waals surface area (Å²) in [5.41, 5.74) is 2.65. The second-order valence-electron chi connectivity index (χ2n) is 6.85. The van der Waals surface area contributed by atoms with Gasteiger partial charge in [0, 0.05) is 6.54 Å². The second kappa shape index (κ2) is 18.4. The van der Waals surface area contributed by atoms with Crippen LogP contribution in [-0.4, -0.2) is 19.0 Å². The lowest BCUT2D eigenvalue weighted by Crippen LogP contribution is -2.14. The molecule has 1 unspecified atom stereocenters. The van der Waals surface area contributed by atoms with Gasteiger partial charge in [0.15, 0.2) is 0 Å². The Bertz CT molecular complexity index is 303. The summed E-state index contributed by atoms with van der Waals surface area (Å²) in [5, 5.41) is 0. The molecular weight excluding hydrogens is 336 g/mol. The van der Waals surface area contributed by atoms with Crippen molar-refractivity contribution >= 4 is 25.7 Å². The van der Waals surface area contributed by atoms with Gasteiger partial charge in [-0.05, 0) is 18.2 Å². The maximum Gasteiger partial charge on any atom is 0.202 e. The lowest BCUT2D eigenvalue weighted by atomic mass is 10.0. The number of rotatable bonds is 19. The normalized spacial score (nSPS) is 13.9. The molecule has 0 amide bonds. The summed E-state index contributed by atoms with van der Waals surface area (Å²) in [6.07, 6.45) is 18.7. The molecule has 1 atom stereocenters. The smallest absolute Gasteiger partial charge is 0.202 e. The molecule has 0 aromatic heterocycles. The Morgan fingerprint density at radius 3 is 1.42 bits per heavy atom. The third-order valence-electron chi connectivity index (χ3n) is 4.33. The SMILES string of the molecule is [B]P(O)(=S)ONCCCCCCCCCCCCCCCCCC. The first-order valence-corrected chi connectivity index (χ1v) is 12.8. The summed E-state index contributed by atoms with van der Waals surface area (Å²) in [4.78, 5) is 9.07. The van der Waals surface area contributed by atoms with E-state index in [4.69, 9.17) is 17.1 Å². The molecular formula is C18H39BNO2PS. The third kappa shape index (κ3) is 22.6. The summed E-state index contributed by atoms with van der Waals surface area (Å²) in [6.45, 7) is 2.98. The molecule has 6 heteroatoms. The molecule has 0 fully saturated rings. The molecule has 2 N–H and O–H groups in total. The molecule has 2 radical (unpaired) electrons. The van der Waals surface area contributed by atoms with Gasteiger partial charge in [0.2, 0.25) is 7.57 Å². The van der Waals surface area contributed by atoms with Crippen LogP contribution in [-0.2, 0) is 16.4 Å². The van der Waals surface area contributed by atoms with Crippen molar-refractivity contribution in [2.75, 3.05) is 6.54 Å². The Labute approximate surface area is 157 Å². The van der Waals surface area contributed by atoms with Crippen molar-refractivity contribution in [1.29, 1.82) is 0 Å². The molecule has 3 nitrogen and oxygen atoms in total. The zero-order valence-corrected chi connectivity index (χ0v) is 17.5. The zero-order valence-electron chi connectivity index (χ0n) is 15.8. The molecule has 0 spiro atoms. The van der Waals surface area contributed by atoms with Gasteiger partial charge in [-0.15, -0.1) is 0 Å². The molecule has 0 rings (SSSR count). The summed E-state index contributed by atoms with van der Waals surface area (Å²) in [6, 6.07) is 0. The Balaban J connectivity index is 3.02. The van der Waals surface area contributed by atoms with Gasteiger partial charge < -0.3 is 4.89 Å². The van der Waals surface area contributed by atoms with Crippen LogP contribution in [0.1, 0.15) is 110 Å². The molecule has 0 bridgehead atoms.